The van der Waals surface area contributed by atoms with Crippen LogP contribution in [0, 0.1) is 0 Å². The average Bonchev–Trinajstić information content (AvgIpc) is 2.30. The zero-order chi connectivity index (χ0) is 13.5. The summed E-state index contributed by atoms with van der Waals surface area (Å²) in [5.41, 5.74) is 12.1. The average molecular weight is 259 g/mol. The van der Waals surface area contributed by atoms with E-state index >= 15 is 0 Å². The summed E-state index contributed by atoms with van der Waals surface area (Å²) in [6.07, 6.45) is -2.48. The summed E-state index contributed by atoms with van der Waals surface area (Å²) >= 11 is 0. The lowest BCUT2D eigenvalue weighted by Crippen LogP contribution is -2.15. The van der Waals surface area contributed by atoms with Crippen molar-refractivity contribution in [1.82, 2.24) is 0 Å². The molecule has 0 radical (unpaired) electrons. The number of carbonyl (C=O) groups excluding carboxylic acids is 1. The van der Waals surface area contributed by atoms with E-state index in [9.17, 15) is 13.6 Å². The van der Waals surface area contributed by atoms with Crippen LogP contribution in [-0.2, 0) is 4.74 Å². The molecule has 100 valence electrons. The molecule has 5 nitrogen and oxygen atoms in total. The van der Waals surface area contributed by atoms with E-state index in [1.807, 2.05) is 0 Å². The van der Waals surface area contributed by atoms with Crippen molar-refractivity contribution in [2.45, 2.75) is 6.43 Å². The van der Waals surface area contributed by atoms with Crippen molar-refractivity contribution in [3.05, 3.63) is 23.8 Å². The number of alkyl halides is 2. The quantitative estimate of drug-likeness (QED) is 0.504. The maximum absolute atomic E-state index is 11.8. The van der Waals surface area contributed by atoms with E-state index in [2.05, 4.69) is 10.1 Å². The highest BCUT2D eigenvalue weighted by Gasteiger charge is 2.05. The first-order valence-corrected chi connectivity index (χ1v) is 5.30. The van der Waals surface area contributed by atoms with Gasteiger partial charge in [0.25, 0.3) is 6.43 Å². The second-order valence-electron chi connectivity index (χ2n) is 3.56. The molecule has 0 bridgehead atoms. The number of carbonyl (C=O) groups is 1. The van der Waals surface area contributed by atoms with Crippen molar-refractivity contribution in [3.63, 3.8) is 0 Å². The zero-order valence-corrected chi connectivity index (χ0v) is 9.66. The Labute approximate surface area is 103 Å². The van der Waals surface area contributed by atoms with E-state index in [1.54, 1.807) is 6.07 Å². The summed E-state index contributed by atoms with van der Waals surface area (Å²) in [5.74, 6) is -0.563. The first kappa shape index (κ1) is 14.2. The fraction of sp³-hybridized carbons (Fsp3) is 0.364. The molecule has 18 heavy (non-hydrogen) atoms. The van der Waals surface area contributed by atoms with Crippen LogP contribution in [0.25, 0.3) is 0 Å². The van der Waals surface area contributed by atoms with Gasteiger partial charge in [0.05, 0.1) is 18.0 Å². The van der Waals surface area contributed by atoms with Gasteiger partial charge in [-0.2, -0.15) is 0 Å². The Morgan fingerprint density at radius 1 is 1.44 bits per heavy atom. The number of halogens is 2. The van der Waals surface area contributed by atoms with Crippen LogP contribution in [-0.4, -0.2) is 32.1 Å². The fourth-order valence-electron chi connectivity index (χ4n) is 1.29. The molecule has 0 aliphatic rings. The van der Waals surface area contributed by atoms with Gasteiger partial charge in [-0.1, -0.05) is 0 Å². The van der Waals surface area contributed by atoms with Crippen LogP contribution >= 0.6 is 0 Å². The second-order valence-corrected chi connectivity index (χ2v) is 3.56. The maximum Gasteiger partial charge on any atom is 0.261 e. The van der Waals surface area contributed by atoms with Crippen LogP contribution in [0.15, 0.2) is 18.2 Å². The zero-order valence-electron chi connectivity index (χ0n) is 9.66. The molecule has 0 saturated carbocycles. The predicted molar refractivity (Wildman–Crippen MR) is 64.7 cm³/mol. The van der Waals surface area contributed by atoms with E-state index in [-0.39, 0.29) is 6.61 Å². The first-order valence-electron chi connectivity index (χ1n) is 5.30. The number of nitrogens with two attached hydrogens (primary N) is 2. The molecular weight excluding hydrogens is 244 g/mol. The summed E-state index contributed by atoms with van der Waals surface area (Å²) in [6, 6.07) is 4.56. The van der Waals surface area contributed by atoms with E-state index in [0.29, 0.717) is 23.5 Å². The monoisotopic (exact) mass is 259 g/mol. The molecule has 0 spiro atoms. The van der Waals surface area contributed by atoms with Gasteiger partial charge in [0.1, 0.15) is 6.61 Å². The van der Waals surface area contributed by atoms with Gasteiger partial charge in [-0.3, -0.25) is 4.79 Å². The smallest absolute Gasteiger partial charge is 0.261 e. The predicted octanol–water partition coefficient (Wildman–Crippen LogP) is 1.06. The van der Waals surface area contributed by atoms with Gasteiger partial charge in [0.15, 0.2) is 0 Å². The van der Waals surface area contributed by atoms with Crippen LogP contribution in [0.4, 0.5) is 20.2 Å². The molecular formula is C11H15F2N3O2. The van der Waals surface area contributed by atoms with Crippen LogP contribution in [0.3, 0.4) is 0 Å². The molecule has 0 unspecified atom stereocenters. The highest BCUT2D eigenvalue weighted by molar-refractivity contribution is 5.94. The molecule has 1 amide bonds. The molecule has 0 aliphatic carbocycles. The minimum absolute atomic E-state index is 0.116. The number of ether oxygens (including phenoxy) is 1. The van der Waals surface area contributed by atoms with Crippen molar-refractivity contribution >= 4 is 17.3 Å². The van der Waals surface area contributed by atoms with Crippen molar-refractivity contribution in [3.8, 4) is 0 Å². The first-order chi connectivity index (χ1) is 8.50. The summed E-state index contributed by atoms with van der Waals surface area (Å²) < 4.78 is 28.2. The SMILES string of the molecule is NC(=O)c1ccc(N)c(NCCOCC(F)F)c1. The third-order valence-electron chi connectivity index (χ3n) is 2.14. The molecule has 0 saturated heterocycles. The molecule has 1 aromatic rings. The number of hydrogen-bond donors (Lipinski definition) is 3. The lowest BCUT2D eigenvalue weighted by molar-refractivity contribution is 0.0215. The minimum atomic E-state index is -2.48. The molecule has 0 aliphatic heterocycles. The minimum Gasteiger partial charge on any atom is -0.397 e. The lowest BCUT2D eigenvalue weighted by Gasteiger charge is -2.10. The topological polar surface area (TPSA) is 90.4 Å². The summed E-state index contributed by atoms with van der Waals surface area (Å²) in [6.45, 7) is -0.178. The van der Waals surface area contributed by atoms with Crippen LogP contribution in [0.5, 0.6) is 0 Å². The Kier molecular flexibility index (Phi) is 5.31. The van der Waals surface area contributed by atoms with Crippen LogP contribution in [0.2, 0.25) is 0 Å². The van der Waals surface area contributed by atoms with Gasteiger partial charge in [-0.25, -0.2) is 8.78 Å². The second kappa shape index (κ2) is 6.75. The third kappa shape index (κ3) is 4.54. The standard InChI is InChI=1S/C11H15F2N3O2/c12-10(13)6-18-4-3-16-9-5-7(11(15)17)1-2-8(9)14/h1-2,5,10,16H,3-4,6,14H2,(H2,15,17). The molecule has 1 aromatic carbocycles. The number of hydrogen-bond acceptors (Lipinski definition) is 4. The highest BCUT2D eigenvalue weighted by atomic mass is 19.3. The van der Waals surface area contributed by atoms with E-state index < -0.39 is 18.9 Å². The number of nitrogen functional groups attached to an aromatic ring is 1. The molecule has 5 N–H and O–H groups in total. The number of rotatable bonds is 7. The maximum atomic E-state index is 11.8. The van der Waals surface area contributed by atoms with Crippen LogP contribution in [0.1, 0.15) is 10.4 Å². The van der Waals surface area contributed by atoms with Gasteiger partial charge in [-0.05, 0) is 18.2 Å². The van der Waals surface area contributed by atoms with E-state index in [1.165, 1.54) is 12.1 Å². The van der Waals surface area contributed by atoms with Gasteiger partial charge in [-0.15, -0.1) is 0 Å². The highest BCUT2D eigenvalue weighted by Crippen LogP contribution is 2.19. The number of amides is 1. The Morgan fingerprint density at radius 3 is 2.78 bits per heavy atom. The molecule has 0 fully saturated rings. The van der Waals surface area contributed by atoms with Crippen molar-refractivity contribution in [2.24, 2.45) is 5.73 Å². The lowest BCUT2D eigenvalue weighted by atomic mass is 10.1. The van der Waals surface area contributed by atoms with Crippen LogP contribution < -0.4 is 16.8 Å². The normalized spacial score (nSPS) is 10.6. The fourth-order valence-corrected chi connectivity index (χ4v) is 1.29. The number of anilines is 2. The summed E-state index contributed by atoms with van der Waals surface area (Å²) in [7, 11) is 0. The van der Waals surface area contributed by atoms with Crippen molar-refractivity contribution in [1.29, 1.82) is 0 Å². The Bertz CT molecular complexity index is 413. The molecule has 0 aromatic heterocycles. The Balaban J connectivity index is 2.46. The van der Waals surface area contributed by atoms with E-state index in [0.717, 1.165) is 0 Å². The summed E-state index contributed by atoms with van der Waals surface area (Å²) in [5, 5.41) is 2.88. The molecule has 7 heteroatoms. The summed E-state index contributed by atoms with van der Waals surface area (Å²) in [4.78, 5) is 11.0. The van der Waals surface area contributed by atoms with Gasteiger partial charge in [0, 0.05) is 12.1 Å². The van der Waals surface area contributed by atoms with Gasteiger partial charge < -0.3 is 21.5 Å². The van der Waals surface area contributed by atoms with Gasteiger partial charge >= 0.3 is 0 Å². The van der Waals surface area contributed by atoms with Gasteiger partial charge in [0.2, 0.25) is 5.91 Å². The number of benzene rings is 1. The molecule has 0 atom stereocenters. The van der Waals surface area contributed by atoms with Crippen molar-refractivity contribution < 1.29 is 18.3 Å². The Hall–Kier alpha value is -1.89. The van der Waals surface area contributed by atoms with Crippen molar-refractivity contribution in [2.75, 3.05) is 30.8 Å². The molecule has 1 rings (SSSR count). The number of primary amides is 1. The third-order valence-corrected chi connectivity index (χ3v) is 2.14. The largest absolute Gasteiger partial charge is 0.397 e. The number of nitrogens with one attached hydrogen (secondary N) is 1. The Morgan fingerprint density at radius 2 is 2.17 bits per heavy atom. The molecule has 0 heterocycles. The van der Waals surface area contributed by atoms with E-state index in [4.69, 9.17) is 11.5 Å².